The topological polar surface area (TPSA) is 84.7 Å². The first-order valence-corrected chi connectivity index (χ1v) is 5.94. The van der Waals surface area contributed by atoms with Crippen molar-refractivity contribution < 1.29 is 4.79 Å². The second kappa shape index (κ2) is 3.50. The van der Waals surface area contributed by atoms with Gasteiger partial charge >= 0.3 is 0 Å². The Hall–Kier alpha value is -1.53. The number of fused-ring (bicyclic) bond motifs is 1. The number of aromatic nitrogens is 3. The monoisotopic (exact) mass is 234 g/mol. The van der Waals surface area contributed by atoms with E-state index in [0.717, 1.165) is 11.4 Å². The maximum absolute atomic E-state index is 11.7. The number of nitrogens with two attached hydrogens (primary N) is 1. The number of carbonyl (C=O) groups is 1. The minimum absolute atomic E-state index is 0.0199. The van der Waals surface area contributed by atoms with E-state index in [4.69, 9.17) is 5.73 Å². The van der Waals surface area contributed by atoms with Crippen LogP contribution in [0.2, 0.25) is 0 Å². The van der Waals surface area contributed by atoms with Gasteiger partial charge in [-0.3, -0.25) is 4.79 Å². The Bertz CT molecular complexity index is 531. The van der Waals surface area contributed by atoms with Gasteiger partial charge < -0.3 is 10.7 Å². The fraction of sp³-hybridized carbons (Fsp3) is 0.300. The summed E-state index contributed by atoms with van der Waals surface area (Å²) < 4.78 is 0. The molecule has 1 atom stereocenters. The Labute approximate surface area is 95.7 Å². The summed E-state index contributed by atoms with van der Waals surface area (Å²) in [5, 5.41) is 1.90. The SMILES string of the molecule is NC1CC(=O)c2nc(-c3cscn3)[nH]c2C1. The van der Waals surface area contributed by atoms with Crippen molar-refractivity contribution in [1.82, 2.24) is 15.0 Å². The Morgan fingerprint density at radius 3 is 3.12 bits per heavy atom. The van der Waals surface area contributed by atoms with Gasteiger partial charge in [0.25, 0.3) is 0 Å². The molecular weight excluding hydrogens is 224 g/mol. The minimum atomic E-state index is -0.0938. The Kier molecular flexibility index (Phi) is 2.12. The van der Waals surface area contributed by atoms with Crippen LogP contribution in [0.3, 0.4) is 0 Å². The van der Waals surface area contributed by atoms with Crippen molar-refractivity contribution >= 4 is 17.1 Å². The summed E-state index contributed by atoms with van der Waals surface area (Å²) >= 11 is 1.50. The third kappa shape index (κ3) is 1.46. The summed E-state index contributed by atoms with van der Waals surface area (Å²) in [4.78, 5) is 23.3. The number of H-pyrrole nitrogens is 1. The molecule has 0 spiro atoms. The summed E-state index contributed by atoms with van der Waals surface area (Å²) in [6.45, 7) is 0. The number of nitrogens with zero attached hydrogens (tertiary/aromatic N) is 2. The fourth-order valence-corrected chi connectivity index (χ4v) is 2.44. The molecule has 3 N–H and O–H groups in total. The normalized spacial score (nSPS) is 19.8. The van der Waals surface area contributed by atoms with E-state index < -0.39 is 0 Å². The molecule has 0 fully saturated rings. The lowest BCUT2D eigenvalue weighted by atomic mass is 9.96. The summed E-state index contributed by atoms with van der Waals surface area (Å²) in [6.07, 6.45) is 1.06. The number of thiazole rings is 1. The average Bonchev–Trinajstić information content (AvgIpc) is 2.82. The predicted molar refractivity (Wildman–Crippen MR) is 60.3 cm³/mol. The Morgan fingerprint density at radius 2 is 2.38 bits per heavy atom. The molecule has 2 aromatic rings. The van der Waals surface area contributed by atoms with Gasteiger partial charge in [-0.05, 0) is 0 Å². The largest absolute Gasteiger partial charge is 0.340 e. The molecule has 0 amide bonds. The van der Waals surface area contributed by atoms with Gasteiger partial charge in [0.05, 0.1) is 5.51 Å². The average molecular weight is 234 g/mol. The molecule has 5 nitrogen and oxygen atoms in total. The van der Waals surface area contributed by atoms with Gasteiger partial charge in [0.1, 0.15) is 11.4 Å². The van der Waals surface area contributed by atoms with E-state index in [0.29, 0.717) is 24.4 Å². The molecule has 0 aliphatic heterocycles. The van der Waals surface area contributed by atoms with E-state index in [1.807, 2.05) is 5.38 Å². The van der Waals surface area contributed by atoms with Crippen LogP contribution in [0, 0.1) is 0 Å². The molecule has 3 rings (SSSR count). The lowest BCUT2D eigenvalue weighted by Crippen LogP contribution is -2.31. The predicted octanol–water partition coefficient (Wildman–Crippen LogP) is 0.989. The number of imidazole rings is 1. The van der Waals surface area contributed by atoms with E-state index in [1.54, 1.807) is 5.51 Å². The van der Waals surface area contributed by atoms with E-state index in [2.05, 4.69) is 15.0 Å². The van der Waals surface area contributed by atoms with Gasteiger partial charge in [-0.2, -0.15) is 0 Å². The number of aromatic amines is 1. The van der Waals surface area contributed by atoms with Crippen molar-refractivity contribution in [3.8, 4) is 11.5 Å². The van der Waals surface area contributed by atoms with Crippen LogP contribution in [0.15, 0.2) is 10.9 Å². The maximum atomic E-state index is 11.7. The van der Waals surface area contributed by atoms with Crippen LogP contribution in [0.5, 0.6) is 0 Å². The first-order valence-electron chi connectivity index (χ1n) is 5.00. The molecule has 2 aromatic heterocycles. The van der Waals surface area contributed by atoms with Gasteiger partial charge in [-0.1, -0.05) is 0 Å². The van der Waals surface area contributed by atoms with Crippen molar-refractivity contribution in [2.45, 2.75) is 18.9 Å². The van der Waals surface area contributed by atoms with Crippen LogP contribution < -0.4 is 5.73 Å². The molecule has 6 heteroatoms. The number of rotatable bonds is 1. The zero-order valence-corrected chi connectivity index (χ0v) is 9.25. The summed E-state index contributed by atoms with van der Waals surface area (Å²) in [7, 11) is 0. The van der Waals surface area contributed by atoms with Gasteiger partial charge in [-0.15, -0.1) is 11.3 Å². The molecule has 0 bridgehead atoms. The zero-order valence-electron chi connectivity index (χ0n) is 8.43. The highest BCUT2D eigenvalue weighted by Crippen LogP contribution is 2.23. The number of nitrogens with one attached hydrogen (secondary N) is 1. The van der Waals surface area contributed by atoms with Crippen LogP contribution in [0.1, 0.15) is 22.6 Å². The van der Waals surface area contributed by atoms with Crippen molar-refractivity contribution in [1.29, 1.82) is 0 Å². The Morgan fingerprint density at radius 1 is 1.50 bits per heavy atom. The molecule has 0 saturated carbocycles. The highest BCUT2D eigenvalue weighted by atomic mass is 32.1. The van der Waals surface area contributed by atoms with E-state index in [1.165, 1.54) is 11.3 Å². The van der Waals surface area contributed by atoms with Gasteiger partial charge in [0.2, 0.25) is 0 Å². The van der Waals surface area contributed by atoms with Crippen molar-refractivity contribution in [3.05, 3.63) is 22.3 Å². The molecule has 16 heavy (non-hydrogen) atoms. The number of ketones is 1. The highest BCUT2D eigenvalue weighted by Gasteiger charge is 2.26. The van der Waals surface area contributed by atoms with Crippen molar-refractivity contribution in [3.63, 3.8) is 0 Å². The molecule has 0 aromatic carbocycles. The minimum Gasteiger partial charge on any atom is -0.340 e. The molecule has 1 aliphatic rings. The first kappa shape index (κ1) is 9.68. The highest BCUT2D eigenvalue weighted by molar-refractivity contribution is 7.07. The lowest BCUT2D eigenvalue weighted by Gasteiger charge is -2.14. The molecule has 1 aliphatic carbocycles. The molecular formula is C10H10N4OS. The van der Waals surface area contributed by atoms with Crippen LogP contribution in [-0.4, -0.2) is 26.8 Å². The van der Waals surface area contributed by atoms with Gasteiger partial charge in [0.15, 0.2) is 11.6 Å². The summed E-state index contributed by atoms with van der Waals surface area (Å²) in [5.74, 6) is 0.681. The number of Topliss-reactive ketones (excluding diaryl/α,β-unsaturated/α-hetero) is 1. The second-order valence-corrected chi connectivity index (χ2v) is 4.60. The van der Waals surface area contributed by atoms with E-state index in [-0.39, 0.29) is 11.8 Å². The maximum Gasteiger partial charge on any atom is 0.184 e. The van der Waals surface area contributed by atoms with Crippen molar-refractivity contribution in [2.75, 3.05) is 0 Å². The standard InChI is InChI=1S/C10H10N4OS/c11-5-1-6-9(8(15)2-5)14-10(13-6)7-3-16-4-12-7/h3-5H,1-2,11H2,(H,13,14). The van der Waals surface area contributed by atoms with Gasteiger partial charge in [0, 0.05) is 30.0 Å². The first-order chi connectivity index (χ1) is 7.74. The summed E-state index contributed by atoms with van der Waals surface area (Å²) in [6, 6.07) is -0.0938. The lowest BCUT2D eigenvalue weighted by molar-refractivity contribution is 0.0960. The number of hydrogen-bond donors (Lipinski definition) is 2. The van der Waals surface area contributed by atoms with Gasteiger partial charge in [-0.25, -0.2) is 9.97 Å². The molecule has 0 radical (unpaired) electrons. The van der Waals surface area contributed by atoms with Crippen molar-refractivity contribution in [2.24, 2.45) is 5.73 Å². The number of hydrogen-bond acceptors (Lipinski definition) is 5. The second-order valence-electron chi connectivity index (χ2n) is 3.88. The van der Waals surface area contributed by atoms with Crippen LogP contribution in [-0.2, 0) is 6.42 Å². The summed E-state index contributed by atoms with van der Waals surface area (Å²) in [5.41, 5.74) is 9.68. The van der Waals surface area contributed by atoms with Crippen LogP contribution in [0.4, 0.5) is 0 Å². The third-order valence-corrected chi connectivity index (χ3v) is 3.22. The van der Waals surface area contributed by atoms with Crippen LogP contribution in [0.25, 0.3) is 11.5 Å². The fourth-order valence-electron chi connectivity index (χ4n) is 1.91. The third-order valence-electron chi connectivity index (χ3n) is 2.63. The molecule has 1 unspecified atom stereocenters. The zero-order chi connectivity index (χ0) is 11.1. The number of carbonyl (C=O) groups excluding carboxylic acids is 1. The van der Waals surface area contributed by atoms with Crippen LogP contribution >= 0.6 is 11.3 Å². The molecule has 2 heterocycles. The Balaban J connectivity index is 2.07. The van der Waals surface area contributed by atoms with E-state index >= 15 is 0 Å². The molecule has 82 valence electrons. The smallest absolute Gasteiger partial charge is 0.184 e. The molecule has 0 saturated heterocycles. The van der Waals surface area contributed by atoms with E-state index in [9.17, 15) is 4.79 Å². The quantitative estimate of drug-likeness (QED) is 0.770.